The number of tetrazole rings is 1. The Bertz CT molecular complexity index is 1070. The molecule has 9 heteroatoms. The number of unbranched alkanes of at least 4 members (excludes halogenated alkanes) is 1. The van der Waals surface area contributed by atoms with E-state index in [0.717, 1.165) is 53.0 Å². The SMILES string of the molecule is CCCCn1nnnc1CSc1nnc(-c2cccnc2)n1-c1ccccc1C. The molecular formula is C20H22N8S. The van der Waals surface area contributed by atoms with Crippen molar-refractivity contribution >= 4 is 11.8 Å². The lowest BCUT2D eigenvalue weighted by Crippen LogP contribution is -2.06. The number of hydrogen-bond donors (Lipinski definition) is 0. The zero-order valence-corrected chi connectivity index (χ0v) is 17.2. The number of thioether (sulfide) groups is 1. The van der Waals surface area contributed by atoms with Crippen LogP contribution in [0.3, 0.4) is 0 Å². The fraction of sp³-hybridized carbons (Fsp3) is 0.300. The lowest BCUT2D eigenvalue weighted by molar-refractivity contribution is 0.540. The molecule has 0 unspecified atom stereocenters. The highest BCUT2D eigenvalue weighted by Gasteiger charge is 2.18. The van der Waals surface area contributed by atoms with Gasteiger partial charge in [-0.05, 0) is 47.5 Å². The average molecular weight is 407 g/mol. The molecule has 29 heavy (non-hydrogen) atoms. The van der Waals surface area contributed by atoms with Crippen LogP contribution in [0, 0.1) is 6.92 Å². The Morgan fingerprint density at radius 2 is 1.93 bits per heavy atom. The fourth-order valence-corrected chi connectivity index (χ4v) is 3.89. The standard InChI is InChI=1S/C20H22N8S/c1-3-4-12-27-18(22-25-26-27)14-29-20-24-23-19(16-9-7-11-21-13-16)28(20)17-10-6-5-8-15(17)2/h5-11,13H,3-4,12,14H2,1-2H3. The van der Waals surface area contributed by atoms with Gasteiger partial charge >= 0.3 is 0 Å². The minimum absolute atomic E-state index is 0.619. The average Bonchev–Trinajstić information content (AvgIpc) is 3.38. The van der Waals surface area contributed by atoms with Crippen molar-refractivity contribution in [2.24, 2.45) is 0 Å². The Kier molecular flexibility index (Phi) is 5.95. The molecule has 0 N–H and O–H groups in total. The summed E-state index contributed by atoms with van der Waals surface area (Å²) in [4.78, 5) is 4.24. The van der Waals surface area contributed by atoms with Crippen LogP contribution in [0.15, 0.2) is 53.9 Å². The number of para-hydroxylation sites is 1. The van der Waals surface area contributed by atoms with Gasteiger partial charge in [0.25, 0.3) is 0 Å². The van der Waals surface area contributed by atoms with Crippen molar-refractivity contribution in [2.75, 3.05) is 0 Å². The van der Waals surface area contributed by atoms with Crippen LogP contribution in [0.5, 0.6) is 0 Å². The van der Waals surface area contributed by atoms with Crippen molar-refractivity contribution in [3.63, 3.8) is 0 Å². The summed E-state index contributed by atoms with van der Waals surface area (Å²) >= 11 is 1.58. The third-order valence-corrected chi connectivity index (χ3v) is 5.49. The number of hydrogen-bond acceptors (Lipinski definition) is 7. The maximum atomic E-state index is 4.47. The predicted molar refractivity (Wildman–Crippen MR) is 112 cm³/mol. The van der Waals surface area contributed by atoms with Crippen molar-refractivity contribution in [3.05, 3.63) is 60.2 Å². The first-order chi connectivity index (χ1) is 14.3. The van der Waals surface area contributed by atoms with Crippen LogP contribution in [-0.4, -0.2) is 40.0 Å². The molecule has 4 aromatic rings. The number of nitrogens with zero attached hydrogens (tertiary/aromatic N) is 8. The molecule has 1 aromatic carbocycles. The summed E-state index contributed by atoms with van der Waals surface area (Å²) in [6, 6.07) is 12.1. The summed E-state index contributed by atoms with van der Waals surface area (Å²) in [7, 11) is 0. The molecule has 0 aliphatic heterocycles. The highest BCUT2D eigenvalue weighted by atomic mass is 32.2. The molecule has 0 bridgehead atoms. The van der Waals surface area contributed by atoms with Crippen molar-refractivity contribution in [3.8, 4) is 17.1 Å². The normalized spacial score (nSPS) is 11.1. The number of benzene rings is 1. The van der Waals surface area contributed by atoms with E-state index in [1.54, 1.807) is 24.2 Å². The third kappa shape index (κ3) is 4.19. The largest absolute Gasteiger partial charge is 0.270 e. The molecule has 8 nitrogen and oxygen atoms in total. The topological polar surface area (TPSA) is 87.2 Å². The van der Waals surface area contributed by atoms with E-state index in [9.17, 15) is 0 Å². The molecule has 0 fully saturated rings. The van der Waals surface area contributed by atoms with Gasteiger partial charge in [-0.15, -0.1) is 15.3 Å². The van der Waals surface area contributed by atoms with E-state index in [0.29, 0.717) is 5.75 Å². The molecular weight excluding hydrogens is 384 g/mol. The van der Waals surface area contributed by atoms with Gasteiger partial charge in [0.15, 0.2) is 16.8 Å². The van der Waals surface area contributed by atoms with E-state index < -0.39 is 0 Å². The van der Waals surface area contributed by atoms with Gasteiger partial charge in [-0.25, -0.2) is 4.68 Å². The summed E-state index contributed by atoms with van der Waals surface area (Å²) < 4.78 is 3.95. The lowest BCUT2D eigenvalue weighted by Gasteiger charge is -2.12. The summed E-state index contributed by atoms with van der Waals surface area (Å²) in [5, 5.41) is 21.9. The van der Waals surface area contributed by atoms with Gasteiger partial charge in [0.2, 0.25) is 0 Å². The Morgan fingerprint density at radius 1 is 1.03 bits per heavy atom. The molecule has 0 aliphatic rings. The van der Waals surface area contributed by atoms with Crippen molar-refractivity contribution in [2.45, 2.75) is 44.1 Å². The Morgan fingerprint density at radius 3 is 2.72 bits per heavy atom. The van der Waals surface area contributed by atoms with Crippen LogP contribution >= 0.6 is 11.8 Å². The summed E-state index contributed by atoms with van der Waals surface area (Å²) in [5.74, 6) is 2.22. The summed E-state index contributed by atoms with van der Waals surface area (Å²) in [6.45, 7) is 5.07. The molecule has 0 atom stereocenters. The molecule has 3 heterocycles. The van der Waals surface area contributed by atoms with Crippen LogP contribution in [0.2, 0.25) is 0 Å². The zero-order chi connectivity index (χ0) is 20.1. The first kappa shape index (κ1) is 19.3. The quantitative estimate of drug-likeness (QED) is 0.412. The second-order valence-corrected chi connectivity index (χ2v) is 7.57. The highest BCUT2D eigenvalue weighted by molar-refractivity contribution is 7.98. The second kappa shape index (κ2) is 8.95. The van der Waals surface area contributed by atoms with Crippen LogP contribution in [-0.2, 0) is 12.3 Å². The van der Waals surface area contributed by atoms with Gasteiger partial charge in [0, 0.05) is 24.5 Å². The predicted octanol–water partition coefficient (Wildman–Crippen LogP) is 3.72. The molecule has 0 radical (unpaired) electrons. The molecule has 0 amide bonds. The van der Waals surface area contributed by atoms with Crippen LogP contribution in [0.1, 0.15) is 31.2 Å². The molecule has 0 saturated carbocycles. The van der Waals surface area contributed by atoms with Gasteiger partial charge in [0.05, 0.1) is 11.4 Å². The van der Waals surface area contributed by atoms with Gasteiger partial charge in [-0.3, -0.25) is 9.55 Å². The third-order valence-electron chi connectivity index (χ3n) is 4.57. The Balaban J connectivity index is 1.68. The maximum absolute atomic E-state index is 4.47. The first-order valence-electron chi connectivity index (χ1n) is 9.57. The monoisotopic (exact) mass is 406 g/mol. The minimum Gasteiger partial charge on any atom is -0.270 e. The van der Waals surface area contributed by atoms with E-state index in [1.807, 2.05) is 28.9 Å². The van der Waals surface area contributed by atoms with Crippen LogP contribution in [0.25, 0.3) is 17.1 Å². The van der Waals surface area contributed by atoms with Crippen molar-refractivity contribution in [1.82, 2.24) is 40.0 Å². The smallest absolute Gasteiger partial charge is 0.196 e. The molecule has 0 aliphatic carbocycles. The van der Waals surface area contributed by atoms with Gasteiger partial charge < -0.3 is 0 Å². The first-order valence-corrected chi connectivity index (χ1v) is 10.6. The molecule has 4 rings (SSSR count). The van der Waals surface area contributed by atoms with E-state index >= 15 is 0 Å². The van der Waals surface area contributed by atoms with Gasteiger partial charge in [-0.1, -0.05) is 43.3 Å². The zero-order valence-electron chi connectivity index (χ0n) is 16.4. The molecule has 3 aromatic heterocycles. The van der Waals surface area contributed by atoms with Gasteiger partial charge in [0.1, 0.15) is 0 Å². The van der Waals surface area contributed by atoms with Crippen LogP contribution < -0.4 is 0 Å². The number of aryl methyl sites for hydroxylation is 2. The second-order valence-electron chi connectivity index (χ2n) is 6.63. The fourth-order valence-electron chi connectivity index (χ4n) is 3.01. The maximum Gasteiger partial charge on any atom is 0.196 e. The molecule has 148 valence electrons. The van der Waals surface area contributed by atoms with Crippen molar-refractivity contribution in [1.29, 1.82) is 0 Å². The summed E-state index contributed by atoms with van der Waals surface area (Å²) in [5.41, 5.74) is 3.11. The highest BCUT2D eigenvalue weighted by Crippen LogP contribution is 2.30. The Hall–Kier alpha value is -3.07. The molecule has 0 saturated heterocycles. The minimum atomic E-state index is 0.619. The van der Waals surface area contributed by atoms with E-state index in [4.69, 9.17) is 0 Å². The summed E-state index contributed by atoms with van der Waals surface area (Å²) in [6.07, 6.45) is 5.71. The van der Waals surface area contributed by atoms with E-state index in [-0.39, 0.29) is 0 Å². The van der Waals surface area contributed by atoms with Crippen LogP contribution in [0.4, 0.5) is 0 Å². The number of pyridine rings is 1. The van der Waals surface area contributed by atoms with E-state index in [2.05, 4.69) is 61.3 Å². The Labute approximate surface area is 173 Å². The lowest BCUT2D eigenvalue weighted by atomic mass is 10.2. The number of aromatic nitrogens is 8. The van der Waals surface area contributed by atoms with E-state index in [1.165, 1.54) is 0 Å². The molecule has 0 spiro atoms. The van der Waals surface area contributed by atoms with Gasteiger partial charge in [-0.2, -0.15) is 0 Å². The van der Waals surface area contributed by atoms with Crippen molar-refractivity contribution < 1.29 is 0 Å². The number of rotatable bonds is 8.